The summed E-state index contributed by atoms with van der Waals surface area (Å²) in [6.07, 6.45) is 9.38. The van der Waals surface area contributed by atoms with Crippen LogP contribution in [0.3, 0.4) is 0 Å². The van der Waals surface area contributed by atoms with E-state index in [1.165, 1.54) is 27.8 Å². The first-order valence-electron chi connectivity index (χ1n) is 8.98. The maximum absolute atomic E-state index is 2.37. The van der Waals surface area contributed by atoms with Gasteiger partial charge in [0.2, 0.25) is 0 Å². The molecule has 1 nitrogen and oxygen atoms in total. The van der Waals surface area contributed by atoms with Gasteiger partial charge in [-0.1, -0.05) is 82.3 Å². The molecule has 1 atom stereocenters. The summed E-state index contributed by atoms with van der Waals surface area (Å²) in [5.41, 5.74) is 5.22. The van der Waals surface area contributed by atoms with Crippen LogP contribution in [0.25, 0.3) is 28.7 Å². The van der Waals surface area contributed by atoms with Gasteiger partial charge in [0.1, 0.15) is 0 Å². The lowest BCUT2D eigenvalue weighted by Gasteiger charge is -2.37. The molecule has 1 aliphatic rings. The Balaban J connectivity index is 2.03. The summed E-state index contributed by atoms with van der Waals surface area (Å²) in [5, 5.41) is 1.31. The van der Waals surface area contributed by atoms with Gasteiger partial charge in [-0.25, -0.2) is 0 Å². The van der Waals surface area contributed by atoms with Gasteiger partial charge in [-0.15, -0.1) is 0 Å². The Labute approximate surface area is 150 Å². The minimum atomic E-state index is 0.0225. The van der Waals surface area contributed by atoms with E-state index in [0.717, 1.165) is 0 Å². The fourth-order valence-corrected chi connectivity index (χ4v) is 3.54. The van der Waals surface area contributed by atoms with Crippen LogP contribution in [-0.2, 0) is 0 Å². The second-order valence-corrected chi connectivity index (χ2v) is 8.19. The molecule has 1 heteroatoms. The van der Waals surface area contributed by atoms with E-state index in [4.69, 9.17) is 0 Å². The van der Waals surface area contributed by atoms with Crippen molar-refractivity contribution >= 4 is 23.1 Å². The van der Waals surface area contributed by atoms with Crippen molar-refractivity contribution in [1.82, 2.24) is 4.57 Å². The molecule has 0 spiro atoms. The normalized spacial score (nSPS) is 19.8. The predicted octanol–water partition coefficient (Wildman–Crippen LogP) is 6.72. The van der Waals surface area contributed by atoms with Gasteiger partial charge < -0.3 is 4.57 Å². The quantitative estimate of drug-likeness (QED) is 0.467. The third-order valence-corrected chi connectivity index (χ3v) is 5.77. The van der Waals surface area contributed by atoms with Crippen LogP contribution in [0.15, 0.2) is 66.7 Å². The summed E-state index contributed by atoms with van der Waals surface area (Å²) in [6, 6.07) is 19.3. The Bertz CT molecular complexity index is 980. The molecule has 1 aliphatic carbocycles. The number of aromatic nitrogens is 1. The van der Waals surface area contributed by atoms with Gasteiger partial charge in [0.15, 0.2) is 0 Å². The minimum Gasteiger partial charge on any atom is -0.309 e. The Morgan fingerprint density at radius 2 is 1.44 bits per heavy atom. The van der Waals surface area contributed by atoms with Crippen molar-refractivity contribution in [2.45, 2.75) is 27.7 Å². The van der Waals surface area contributed by atoms with Crippen molar-refractivity contribution in [3.05, 3.63) is 78.0 Å². The number of nitrogens with zero attached hydrogens (tertiary/aromatic N) is 1. The zero-order valence-electron chi connectivity index (χ0n) is 15.5. The lowest BCUT2D eigenvalue weighted by atomic mass is 9.68. The molecule has 0 fully saturated rings. The van der Waals surface area contributed by atoms with Crippen molar-refractivity contribution in [3.8, 4) is 5.69 Å². The van der Waals surface area contributed by atoms with E-state index in [1.807, 2.05) is 0 Å². The third-order valence-electron chi connectivity index (χ3n) is 5.77. The van der Waals surface area contributed by atoms with Gasteiger partial charge in [-0.3, -0.25) is 0 Å². The summed E-state index contributed by atoms with van der Waals surface area (Å²) in [7, 11) is 0. The van der Waals surface area contributed by atoms with Crippen LogP contribution < -0.4 is 0 Å². The molecule has 126 valence electrons. The lowest BCUT2D eigenvalue weighted by molar-refractivity contribution is 0.230. The molecule has 0 radical (unpaired) electrons. The Morgan fingerprint density at radius 3 is 2.16 bits per heavy atom. The number of benzene rings is 2. The van der Waals surface area contributed by atoms with Gasteiger partial charge in [0.05, 0.1) is 11.2 Å². The molecule has 0 saturated carbocycles. The van der Waals surface area contributed by atoms with E-state index in [9.17, 15) is 0 Å². The van der Waals surface area contributed by atoms with Crippen LogP contribution >= 0.6 is 0 Å². The summed E-state index contributed by atoms with van der Waals surface area (Å²) < 4.78 is 2.37. The van der Waals surface area contributed by atoms with E-state index in [-0.39, 0.29) is 10.8 Å². The van der Waals surface area contributed by atoms with Crippen LogP contribution in [0.5, 0.6) is 0 Å². The Hall–Kier alpha value is -2.54. The van der Waals surface area contributed by atoms with Crippen molar-refractivity contribution in [2.24, 2.45) is 10.8 Å². The van der Waals surface area contributed by atoms with Crippen LogP contribution in [-0.4, -0.2) is 4.57 Å². The van der Waals surface area contributed by atoms with Crippen LogP contribution in [0.2, 0.25) is 0 Å². The molecule has 0 bridgehead atoms. The Kier molecular flexibility index (Phi) is 3.50. The van der Waals surface area contributed by atoms with E-state index >= 15 is 0 Å². The molecule has 3 aromatic rings. The van der Waals surface area contributed by atoms with Crippen LogP contribution in [0.4, 0.5) is 0 Å². The fourth-order valence-electron chi connectivity index (χ4n) is 3.54. The van der Waals surface area contributed by atoms with E-state index < -0.39 is 0 Å². The van der Waals surface area contributed by atoms with Crippen LogP contribution in [0, 0.1) is 10.8 Å². The topological polar surface area (TPSA) is 4.93 Å². The minimum absolute atomic E-state index is 0.0225. The summed E-state index contributed by atoms with van der Waals surface area (Å²) in [6.45, 7) is 9.24. The predicted molar refractivity (Wildman–Crippen MR) is 109 cm³/mol. The highest BCUT2D eigenvalue weighted by atomic mass is 15.0. The monoisotopic (exact) mass is 327 g/mol. The highest BCUT2D eigenvalue weighted by molar-refractivity contribution is 5.96. The second-order valence-electron chi connectivity index (χ2n) is 8.19. The molecule has 4 rings (SSSR count). The van der Waals surface area contributed by atoms with Crippen molar-refractivity contribution < 1.29 is 0 Å². The number of allylic oxidation sites excluding steroid dienone is 2. The Morgan fingerprint density at radius 1 is 0.800 bits per heavy atom. The highest BCUT2D eigenvalue weighted by Gasteiger charge is 2.34. The zero-order chi connectivity index (χ0) is 17.7. The van der Waals surface area contributed by atoms with Crippen molar-refractivity contribution in [3.63, 3.8) is 0 Å². The van der Waals surface area contributed by atoms with E-state index in [0.29, 0.717) is 0 Å². The van der Waals surface area contributed by atoms with Gasteiger partial charge in [-0.05, 0) is 29.7 Å². The van der Waals surface area contributed by atoms with Gasteiger partial charge >= 0.3 is 0 Å². The first-order chi connectivity index (χ1) is 11.9. The zero-order valence-corrected chi connectivity index (χ0v) is 15.5. The average Bonchev–Trinajstić information content (AvgIpc) is 2.80. The largest absolute Gasteiger partial charge is 0.309 e. The van der Waals surface area contributed by atoms with Crippen LogP contribution in [0.1, 0.15) is 39.0 Å². The summed E-state index contributed by atoms with van der Waals surface area (Å²) >= 11 is 0. The number of hydrogen-bond donors (Lipinski definition) is 0. The molecule has 2 aromatic carbocycles. The number of fused-ring (bicyclic) bond motifs is 3. The SMILES string of the molecule is CC(C)(C)C1(C)C=Cc2c(n(-c3ccccc3)c3ccccc23)C=C1. The molecule has 0 amide bonds. The fraction of sp³-hybridized carbons (Fsp3) is 0.250. The molecular weight excluding hydrogens is 302 g/mol. The first kappa shape index (κ1) is 16.0. The first-order valence-corrected chi connectivity index (χ1v) is 8.98. The lowest BCUT2D eigenvalue weighted by Crippen LogP contribution is -2.28. The number of hydrogen-bond acceptors (Lipinski definition) is 0. The second kappa shape index (κ2) is 5.49. The van der Waals surface area contributed by atoms with Gasteiger partial charge in [0.25, 0.3) is 0 Å². The maximum atomic E-state index is 2.37. The van der Waals surface area contributed by atoms with Gasteiger partial charge in [-0.2, -0.15) is 0 Å². The third kappa shape index (κ3) is 2.46. The van der Waals surface area contributed by atoms with E-state index in [1.54, 1.807) is 0 Å². The van der Waals surface area contributed by atoms with Gasteiger partial charge in [0, 0.05) is 22.1 Å². The van der Waals surface area contributed by atoms with E-state index in [2.05, 4.69) is 111 Å². The molecule has 1 heterocycles. The number of rotatable bonds is 1. The molecular formula is C24H25N. The highest BCUT2D eigenvalue weighted by Crippen LogP contribution is 2.45. The molecule has 1 unspecified atom stereocenters. The standard InChI is InChI=1S/C24H25N/c1-23(2,3)24(4)16-14-20-19-12-8-9-13-21(19)25(22(20)15-17-24)18-10-6-5-7-11-18/h5-17H,1-4H3. The number of para-hydroxylation sites is 2. The average molecular weight is 327 g/mol. The smallest absolute Gasteiger partial charge is 0.0541 e. The molecule has 0 aliphatic heterocycles. The molecule has 1 aromatic heterocycles. The summed E-state index contributed by atoms with van der Waals surface area (Å²) in [5.74, 6) is 0. The maximum Gasteiger partial charge on any atom is 0.0541 e. The molecule has 0 saturated heterocycles. The van der Waals surface area contributed by atoms with Crippen molar-refractivity contribution in [1.29, 1.82) is 0 Å². The molecule has 25 heavy (non-hydrogen) atoms. The summed E-state index contributed by atoms with van der Waals surface area (Å²) in [4.78, 5) is 0. The van der Waals surface area contributed by atoms with Crippen molar-refractivity contribution in [2.75, 3.05) is 0 Å². The molecule has 0 N–H and O–H groups in total.